The fourth-order valence-corrected chi connectivity index (χ4v) is 3.52. The van der Waals surface area contributed by atoms with Crippen molar-refractivity contribution in [2.75, 3.05) is 38.2 Å². The maximum absolute atomic E-state index is 12.8. The second-order valence-electron chi connectivity index (χ2n) is 6.67. The molecule has 2 amide bonds. The van der Waals surface area contributed by atoms with E-state index in [-0.39, 0.29) is 30.2 Å². The smallest absolute Gasteiger partial charge is 0.228 e. The molecule has 2 atom stereocenters. The zero-order chi connectivity index (χ0) is 17.3. The normalized spacial score (nSPS) is 24.4. The lowest BCUT2D eigenvalue weighted by Gasteiger charge is -2.35. The van der Waals surface area contributed by atoms with Crippen molar-refractivity contribution in [2.24, 2.45) is 5.92 Å². The molecular weight excluding hydrogens is 306 g/mol. The molecular formula is C18H25N3O3. The van der Waals surface area contributed by atoms with Crippen molar-refractivity contribution >= 4 is 17.5 Å². The van der Waals surface area contributed by atoms with Gasteiger partial charge in [-0.25, -0.2) is 0 Å². The summed E-state index contributed by atoms with van der Waals surface area (Å²) >= 11 is 0. The van der Waals surface area contributed by atoms with E-state index in [2.05, 4.69) is 5.32 Å². The van der Waals surface area contributed by atoms with E-state index >= 15 is 0 Å². The Labute approximate surface area is 142 Å². The number of methoxy groups -OCH3 is 1. The highest BCUT2D eigenvalue weighted by Crippen LogP contribution is 2.34. The predicted molar refractivity (Wildman–Crippen MR) is 92.2 cm³/mol. The van der Waals surface area contributed by atoms with Crippen molar-refractivity contribution in [1.82, 2.24) is 10.2 Å². The number of anilines is 1. The van der Waals surface area contributed by atoms with Gasteiger partial charge in [0, 0.05) is 38.6 Å². The van der Waals surface area contributed by atoms with Crippen molar-refractivity contribution in [3.8, 4) is 5.75 Å². The van der Waals surface area contributed by atoms with E-state index in [1.54, 1.807) is 12.0 Å². The summed E-state index contributed by atoms with van der Waals surface area (Å²) in [7, 11) is 1.60. The van der Waals surface area contributed by atoms with Gasteiger partial charge in [-0.2, -0.15) is 0 Å². The zero-order valence-corrected chi connectivity index (χ0v) is 14.5. The fraction of sp³-hybridized carbons (Fsp3) is 0.556. The number of nitrogens with one attached hydrogen (secondary N) is 1. The molecule has 6 heteroatoms. The molecule has 130 valence electrons. The number of piperazine rings is 1. The molecule has 1 aromatic rings. The van der Waals surface area contributed by atoms with Gasteiger partial charge >= 0.3 is 0 Å². The Kier molecular flexibility index (Phi) is 4.76. The van der Waals surface area contributed by atoms with Crippen molar-refractivity contribution in [2.45, 2.75) is 26.3 Å². The van der Waals surface area contributed by atoms with Gasteiger partial charge in [0.2, 0.25) is 11.8 Å². The molecule has 2 heterocycles. The zero-order valence-electron chi connectivity index (χ0n) is 14.5. The van der Waals surface area contributed by atoms with Crippen LogP contribution in [-0.2, 0) is 9.59 Å². The minimum Gasteiger partial charge on any atom is -0.495 e. The van der Waals surface area contributed by atoms with Crippen molar-refractivity contribution < 1.29 is 14.3 Å². The second kappa shape index (κ2) is 6.81. The summed E-state index contributed by atoms with van der Waals surface area (Å²) < 4.78 is 5.39. The number of hydrogen-bond donors (Lipinski definition) is 1. The van der Waals surface area contributed by atoms with Crippen LogP contribution in [0.4, 0.5) is 5.69 Å². The number of benzene rings is 1. The first-order valence-electron chi connectivity index (χ1n) is 8.47. The van der Waals surface area contributed by atoms with Crippen LogP contribution in [0.2, 0.25) is 0 Å². The van der Waals surface area contributed by atoms with Crippen LogP contribution in [0, 0.1) is 12.8 Å². The van der Waals surface area contributed by atoms with Crippen LogP contribution in [0.3, 0.4) is 0 Å². The number of amides is 2. The first kappa shape index (κ1) is 16.8. The van der Waals surface area contributed by atoms with E-state index in [1.165, 1.54) is 0 Å². The predicted octanol–water partition coefficient (Wildman–Crippen LogP) is 1.18. The third-order valence-corrected chi connectivity index (χ3v) is 4.88. The first-order valence-corrected chi connectivity index (χ1v) is 8.47. The van der Waals surface area contributed by atoms with Gasteiger partial charge in [-0.1, -0.05) is 6.07 Å². The van der Waals surface area contributed by atoms with Gasteiger partial charge in [-0.3, -0.25) is 9.59 Å². The highest BCUT2D eigenvalue weighted by atomic mass is 16.5. The van der Waals surface area contributed by atoms with E-state index in [1.807, 2.05) is 36.9 Å². The van der Waals surface area contributed by atoms with Crippen LogP contribution < -0.4 is 15.0 Å². The largest absolute Gasteiger partial charge is 0.495 e. The Bertz CT molecular complexity index is 646. The van der Waals surface area contributed by atoms with Crippen molar-refractivity contribution in [3.63, 3.8) is 0 Å². The molecule has 2 aliphatic heterocycles. The highest BCUT2D eigenvalue weighted by molar-refractivity contribution is 6.01. The highest BCUT2D eigenvalue weighted by Gasteiger charge is 2.39. The molecule has 0 aliphatic carbocycles. The molecule has 0 bridgehead atoms. The van der Waals surface area contributed by atoms with Crippen LogP contribution in [-0.4, -0.2) is 56.0 Å². The van der Waals surface area contributed by atoms with Gasteiger partial charge < -0.3 is 19.9 Å². The van der Waals surface area contributed by atoms with Gasteiger partial charge in [0.05, 0.1) is 18.7 Å². The summed E-state index contributed by atoms with van der Waals surface area (Å²) in [5.74, 6) is 0.465. The topological polar surface area (TPSA) is 61.9 Å². The van der Waals surface area contributed by atoms with Gasteiger partial charge in [0.15, 0.2) is 0 Å². The molecule has 1 N–H and O–H groups in total. The third kappa shape index (κ3) is 3.11. The first-order chi connectivity index (χ1) is 11.5. The van der Waals surface area contributed by atoms with Crippen LogP contribution in [0.5, 0.6) is 5.75 Å². The molecule has 2 aliphatic rings. The minimum atomic E-state index is -0.275. The van der Waals surface area contributed by atoms with E-state index in [9.17, 15) is 9.59 Å². The molecule has 0 aromatic heterocycles. The lowest BCUT2D eigenvalue weighted by Crippen LogP contribution is -2.54. The molecule has 2 fully saturated rings. The maximum Gasteiger partial charge on any atom is 0.228 e. The Balaban J connectivity index is 1.78. The average molecular weight is 331 g/mol. The summed E-state index contributed by atoms with van der Waals surface area (Å²) in [5.41, 5.74) is 1.82. The number of carbonyl (C=O) groups excluding carboxylic acids is 2. The van der Waals surface area contributed by atoms with E-state index < -0.39 is 0 Å². The van der Waals surface area contributed by atoms with Gasteiger partial charge in [-0.05, 0) is 31.5 Å². The Morgan fingerprint density at radius 2 is 2.17 bits per heavy atom. The van der Waals surface area contributed by atoms with E-state index in [0.29, 0.717) is 18.8 Å². The maximum atomic E-state index is 12.8. The molecule has 2 saturated heterocycles. The second-order valence-corrected chi connectivity index (χ2v) is 6.67. The minimum absolute atomic E-state index is 0.0139. The monoisotopic (exact) mass is 331 g/mol. The molecule has 0 saturated carbocycles. The number of carbonyl (C=O) groups is 2. The van der Waals surface area contributed by atoms with Crippen LogP contribution in [0.25, 0.3) is 0 Å². The summed E-state index contributed by atoms with van der Waals surface area (Å²) in [5, 5.41) is 3.29. The van der Waals surface area contributed by atoms with Crippen LogP contribution in [0.1, 0.15) is 18.9 Å². The summed E-state index contributed by atoms with van der Waals surface area (Å²) in [6, 6.07) is 5.93. The molecule has 24 heavy (non-hydrogen) atoms. The lowest BCUT2D eigenvalue weighted by atomic mass is 10.0. The Hall–Kier alpha value is -2.08. The average Bonchev–Trinajstić information content (AvgIpc) is 2.96. The Morgan fingerprint density at radius 3 is 2.88 bits per heavy atom. The molecule has 6 nitrogen and oxygen atoms in total. The van der Waals surface area contributed by atoms with Crippen LogP contribution >= 0.6 is 0 Å². The van der Waals surface area contributed by atoms with Crippen molar-refractivity contribution in [1.29, 1.82) is 0 Å². The lowest BCUT2D eigenvalue weighted by molar-refractivity contribution is -0.138. The molecule has 1 aromatic carbocycles. The number of rotatable bonds is 3. The van der Waals surface area contributed by atoms with E-state index in [0.717, 1.165) is 24.3 Å². The van der Waals surface area contributed by atoms with Gasteiger partial charge in [0.1, 0.15) is 5.75 Å². The fourth-order valence-electron chi connectivity index (χ4n) is 3.52. The number of nitrogens with zero attached hydrogens (tertiary/aromatic N) is 2. The molecule has 1 unspecified atom stereocenters. The molecule has 0 spiro atoms. The quantitative estimate of drug-likeness (QED) is 0.903. The summed E-state index contributed by atoms with van der Waals surface area (Å²) in [6.45, 7) is 6.78. The van der Waals surface area contributed by atoms with Crippen molar-refractivity contribution in [3.05, 3.63) is 23.8 Å². The number of hydrogen-bond acceptors (Lipinski definition) is 4. The molecule has 3 rings (SSSR count). The number of ether oxygens (including phenoxy) is 1. The summed E-state index contributed by atoms with van der Waals surface area (Å²) in [4.78, 5) is 29.0. The molecule has 0 radical (unpaired) electrons. The summed E-state index contributed by atoms with van der Waals surface area (Å²) in [6.07, 6.45) is 0.270. The van der Waals surface area contributed by atoms with Crippen LogP contribution in [0.15, 0.2) is 18.2 Å². The Morgan fingerprint density at radius 1 is 1.38 bits per heavy atom. The standard InChI is InChI=1S/C18H25N3O3/c1-12-4-5-16(24-3)15(8-12)21-11-14(9-17(21)22)18(23)20-7-6-19-10-13(20)2/h4-5,8,13-14,19H,6-7,9-11H2,1-3H3/t13-,14?/m1/s1. The van der Waals surface area contributed by atoms with Gasteiger partial charge in [-0.15, -0.1) is 0 Å². The van der Waals surface area contributed by atoms with Gasteiger partial charge in [0.25, 0.3) is 0 Å². The van der Waals surface area contributed by atoms with E-state index in [4.69, 9.17) is 4.74 Å². The SMILES string of the molecule is COc1ccc(C)cc1N1CC(C(=O)N2CCNC[C@H]2C)CC1=O. The third-order valence-electron chi connectivity index (χ3n) is 4.88. The number of aryl methyl sites for hydroxylation is 1.